The van der Waals surface area contributed by atoms with E-state index in [4.69, 9.17) is 9.78 Å². The molecule has 0 aromatic carbocycles. The molecule has 0 amide bonds. The molecule has 3 unspecified atom stereocenters. The minimum atomic E-state index is -0.376. The fraction of sp³-hybridized carbons (Fsp3) is 0.786. The van der Waals surface area contributed by atoms with Crippen LogP contribution in [0, 0.1) is 17.3 Å². The molecule has 0 heterocycles. The maximum absolute atomic E-state index is 11.4. The van der Waals surface area contributed by atoms with Crippen molar-refractivity contribution in [3.63, 3.8) is 0 Å². The molecule has 0 aliphatic heterocycles. The van der Waals surface area contributed by atoms with Crippen molar-refractivity contribution in [1.82, 2.24) is 0 Å². The first kappa shape index (κ1) is 12.6. The van der Waals surface area contributed by atoms with E-state index in [1.54, 1.807) is 13.0 Å². The van der Waals surface area contributed by atoms with Gasteiger partial charge in [0.25, 0.3) is 0 Å². The van der Waals surface area contributed by atoms with Gasteiger partial charge in [-0.05, 0) is 50.4 Å². The van der Waals surface area contributed by atoms with E-state index >= 15 is 0 Å². The maximum atomic E-state index is 11.4. The molecule has 17 heavy (non-hydrogen) atoms. The van der Waals surface area contributed by atoms with Crippen LogP contribution in [0.15, 0.2) is 11.6 Å². The molecule has 2 aliphatic carbocycles. The summed E-state index contributed by atoms with van der Waals surface area (Å²) in [4.78, 5) is 21.4. The van der Waals surface area contributed by atoms with Crippen LogP contribution in [-0.4, -0.2) is 12.6 Å². The second kappa shape index (κ2) is 4.81. The highest BCUT2D eigenvalue weighted by Crippen LogP contribution is 2.55. The number of rotatable bonds is 4. The van der Waals surface area contributed by atoms with Gasteiger partial charge in [-0.1, -0.05) is 19.4 Å². The summed E-state index contributed by atoms with van der Waals surface area (Å²) in [6.07, 6.45) is 6.97. The third kappa shape index (κ3) is 2.54. The number of hydrogen-bond acceptors (Lipinski definition) is 3. The zero-order chi connectivity index (χ0) is 12.5. The smallest absolute Gasteiger partial charge is 0.293 e. The molecule has 0 aromatic rings. The van der Waals surface area contributed by atoms with Crippen LogP contribution in [-0.2, 0) is 14.6 Å². The van der Waals surface area contributed by atoms with Gasteiger partial charge in [-0.15, -0.1) is 0 Å². The molecule has 2 saturated carbocycles. The predicted octanol–water partition coefficient (Wildman–Crippen LogP) is 3.25. The van der Waals surface area contributed by atoms with Gasteiger partial charge in [-0.2, -0.15) is 4.89 Å². The van der Waals surface area contributed by atoms with E-state index in [9.17, 15) is 4.79 Å². The molecule has 3 atom stereocenters. The molecule has 96 valence electrons. The van der Waals surface area contributed by atoms with Gasteiger partial charge >= 0.3 is 5.97 Å². The van der Waals surface area contributed by atoms with Crippen molar-refractivity contribution in [2.45, 2.75) is 46.5 Å². The average Bonchev–Trinajstić information content (AvgIpc) is 2.87. The summed E-state index contributed by atoms with van der Waals surface area (Å²) < 4.78 is 0. The summed E-state index contributed by atoms with van der Waals surface area (Å²) in [5.74, 6) is 1.26. The minimum Gasteiger partial charge on any atom is -0.293 e. The summed E-state index contributed by atoms with van der Waals surface area (Å²) in [6.45, 7) is 6.34. The second-order valence-electron chi connectivity index (χ2n) is 5.84. The summed E-state index contributed by atoms with van der Waals surface area (Å²) >= 11 is 0. The summed E-state index contributed by atoms with van der Waals surface area (Å²) in [5.41, 5.74) is 0.802. The molecule has 2 bridgehead atoms. The third-order valence-corrected chi connectivity index (χ3v) is 4.56. The number of allylic oxidation sites excluding steroid dienone is 1. The van der Waals surface area contributed by atoms with E-state index in [1.165, 1.54) is 25.7 Å². The standard InChI is InChI=1S/C14H22O3/c1-4-10(2)13(15)17-16-9-14(3)8-11-5-6-12(14)7-11/h4,11-12H,5-9H2,1-3H3. The first-order valence-corrected chi connectivity index (χ1v) is 6.52. The van der Waals surface area contributed by atoms with Crippen LogP contribution >= 0.6 is 0 Å². The largest absolute Gasteiger partial charge is 0.368 e. The van der Waals surface area contributed by atoms with Crippen molar-refractivity contribution in [3.05, 3.63) is 11.6 Å². The van der Waals surface area contributed by atoms with Crippen molar-refractivity contribution in [1.29, 1.82) is 0 Å². The molecular weight excluding hydrogens is 216 g/mol. The molecule has 3 nitrogen and oxygen atoms in total. The van der Waals surface area contributed by atoms with E-state index in [0.29, 0.717) is 12.2 Å². The monoisotopic (exact) mass is 238 g/mol. The van der Waals surface area contributed by atoms with Gasteiger partial charge in [0, 0.05) is 5.57 Å². The summed E-state index contributed by atoms with van der Waals surface area (Å²) in [7, 11) is 0. The Morgan fingerprint density at radius 3 is 2.76 bits per heavy atom. The molecule has 0 spiro atoms. The lowest BCUT2D eigenvalue weighted by Crippen LogP contribution is -2.30. The van der Waals surface area contributed by atoms with Crippen LogP contribution in [0.2, 0.25) is 0 Å². The average molecular weight is 238 g/mol. The van der Waals surface area contributed by atoms with Gasteiger partial charge in [0.05, 0.1) is 6.61 Å². The predicted molar refractivity (Wildman–Crippen MR) is 65.0 cm³/mol. The number of carbonyl (C=O) groups is 1. The fourth-order valence-corrected chi connectivity index (χ4v) is 3.30. The SMILES string of the molecule is CC=C(C)C(=O)OOCC1(C)CC2CCC1C2. The summed E-state index contributed by atoms with van der Waals surface area (Å²) in [5, 5.41) is 0. The van der Waals surface area contributed by atoms with Gasteiger partial charge in [-0.25, -0.2) is 4.79 Å². The van der Waals surface area contributed by atoms with Crippen LogP contribution in [0.25, 0.3) is 0 Å². The second-order valence-corrected chi connectivity index (χ2v) is 5.84. The first-order chi connectivity index (χ1) is 8.05. The minimum absolute atomic E-state index is 0.215. The van der Waals surface area contributed by atoms with Crippen LogP contribution in [0.1, 0.15) is 46.5 Å². The molecule has 0 N–H and O–H groups in total. The molecule has 0 radical (unpaired) electrons. The van der Waals surface area contributed by atoms with Crippen LogP contribution in [0.5, 0.6) is 0 Å². The highest BCUT2D eigenvalue weighted by Gasteiger charge is 2.48. The van der Waals surface area contributed by atoms with Gasteiger partial charge in [-0.3, -0.25) is 4.89 Å². The molecule has 0 aromatic heterocycles. The Balaban J connectivity index is 1.77. The molecule has 2 aliphatic rings. The van der Waals surface area contributed by atoms with E-state index < -0.39 is 0 Å². The maximum Gasteiger partial charge on any atom is 0.368 e. The van der Waals surface area contributed by atoms with Gasteiger partial charge in [0.1, 0.15) is 0 Å². The first-order valence-electron chi connectivity index (χ1n) is 6.52. The van der Waals surface area contributed by atoms with Crippen molar-refractivity contribution in [3.8, 4) is 0 Å². The molecule has 2 rings (SSSR count). The van der Waals surface area contributed by atoms with E-state index in [1.807, 2.05) is 6.92 Å². The topological polar surface area (TPSA) is 35.5 Å². The van der Waals surface area contributed by atoms with Gasteiger partial charge < -0.3 is 0 Å². The van der Waals surface area contributed by atoms with Gasteiger partial charge in [0.15, 0.2) is 0 Å². The number of carbonyl (C=O) groups excluding carboxylic acids is 1. The fourth-order valence-electron chi connectivity index (χ4n) is 3.30. The number of fused-ring (bicyclic) bond motifs is 2. The lowest BCUT2D eigenvalue weighted by molar-refractivity contribution is -0.284. The van der Waals surface area contributed by atoms with Crippen LogP contribution in [0.4, 0.5) is 0 Å². The highest BCUT2D eigenvalue weighted by atomic mass is 17.2. The lowest BCUT2D eigenvalue weighted by Gasteiger charge is -2.32. The van der Waals surface area contributed by atoms with Crippen molar-refractivity contribution in [2.24, 2.45) is 17.3 Å². The van der Waals surface area contributed by atoms with Crippen LogP contribution < -0.4 is 0 Å². The Morgan fingerprint density at radius 2 is 2.24 bits per heavy atom. The zero-order valence-corrected chi connectivity index (χ0v) is 11.0. The van der Waals surface area contributed by atoms with E-state index in [-0.39, 0.29) is 11.4 Å². The third-order valence-electron chi connectivity index (χ3n) is 4.56. The molecular formula is C14H22O3. The Labute approximate surface area is 103 Å². The van der Waals surface area contributed by atoms with Crippen molar-refractivity contribution >= 4 is 5.97 Å². The van der Waals surface area contributed by atoms with Crippen molar-refractivity contribution < 1.29 is 14.6 Å². The Bertz CT molecular complexity index is 334. The quantitative estimate of drug-likeness (QED) is 0.428. The Kier molecular flexibility index (Phi) is 3.57. The lowest BCUT2D eigenvalue weighted by atomic mass is 9.75. The Hall–Kier alpha value is -0.830. The highest BCUT2D eigenvalue weighted by molar-refractivity contribution is 5.87. The molecule has 0 saturated heterocycles. The Morgan fingerprint density at radius 1 is 1.47 bits per heavy atom. The molecule has 3 heteroatoms. The zero-order valence-electron chi connectivity index (χ0n) is 11.0. The van der Waals surface area contributed by atoms with E-state index in [2.05, 4.69) is 6.92 Å². The summed E-state index contributed by atoms with van der Waals surface area (Å²) in [6, 6.07) is 0. The molecule has 2 fully saturated rings. The van der Waals surface area contributed by atoms with Crippen molar-refractivity contribution in [2.75, 3.05) is 6.61 Å². The van der Waals surface area contributed by atoms with Gasteiger partial charge in [0.2, 0.25) is 0 Å². The number of hydrogen-bond donors (Lipinski definition) is 0. The van der Waals surface area contributed by atoms with E-state index in [0.717, 1.165) is 11.8 Å². The normalized spacial score (nSPS) is 36.3. The van der Waals surface area contributed by atoms with Crippen LogP contribution in [0.3, 0.4) is 0 Å².